The number of H-pyrrole nitrogens is 1. The minimum Gasteiger partial charge on any atom is -0.444 e. The van der Waals surface area contributed by atoms with Crippen LogP contribution in [0.3, 0.4) is 0 Å². The molecule has 3 N–H and O–H groups in total. The van der Waals surface area contributed by atoms with Gasteiger partial charge in [-0.1, -0.05) is 0 Å². The van der Waals surface area contributed by atoms with Crippen LogP contribution in [0.1, 0.15) is 26.5 Å². The highest BCUT2D eigenvalue weighted by molar-refractivity contribution is 7.91. The number of thiophene rings is 1. The van der Waals surface area contributed by atoms with E-state index >= 15 is 0 Å². The highest BCUT2D eigenvalue weighted by Crippen LogP contribution is 2.34. The molecule has 0 fully saturated rings. The predicted octanol–water partition coefficient (Wildman–Crippen LogP) is 3.40. The summed E-state index contributed by atoms with van der Waals surface area (Å²) in [6, 6.07) is 7.23. The fourth-order valence-electron chi connectivity index (χ4n) is 2.72. The molecule has 0 atom stereocenters. The monoisotopic (exact) mass is 436 g/mol. The third kappa shape index (κ3) is 5.34. The van der Waals surface area contributed by atoms with Gasteiger partial charge in [0.15, 0.2) is 0 Å². The predicted molar refractivity (Wildman–Crippen MR) is 114 cm³/mol. The number of aryl methyl sites for hydroxylation is 1. The zero-order valence-electron chi connectivity index (χ0n) is 16.7. The van der Waals surface area contributed by atoms with Crippen molar-refractivity contribution in [3.63, 3.8) is 0 Å². The fourth-order valence-corrected chi connectivity index (χ4v) is 5.14. The lowest BCUT2D eigenvalue weighted by atomic mass is 10.1. The Labute approximate surface area is 173 Å². The molecular weight excluding hydrogens is 412 g/mol. The lowest BCUT2D eigenvalue weighted by molar-refractivity contribution is 0.0529. The maximum absolute atomic E-state index is 12.6. The number of ether oxygens (including phenoxy) is 1. The summed E-state index contributed by atoms with van der Waals surface area (Å²) < 4.78 is 32.9. The van der Waals surface area contributed by atoms with E-state index in [0.29, 0.717) is 0 Å². The second kappa shape index (κ2) is 8.13. The van der Waals surface area contributed by atoms with Gasteiger partial charge in [-0.15, -0.1) is 11.3 Å². The van der Waals surface area contributed by atoms with E-state index in [-0.39, 0.29) is 17.3 Å². The lowest BCUT2D eigenvalue weighted by Crippen LogP contribution is -2.37. The van der Waals surface area contributed by atoms with Crippen LogP contribution >= 0.6 is 11.3 Å². The van der Waals surface area contributed by atoms with Crippen LogP contribution in [0, 0.1) is 6.92 Å². The second-order valence-corrected chi connectivity index (χ2v) is 10.6. The van der Waals surface area contributed by atoms with Gasteiger partial charge < -0.3 is 15.0 Å². The number of nitrogens with one attached hydrogen (secondary N) is 3. The highest BCUT2D eigenvalue weighted by atomic mass is 32.2. The van der Waals surface area contributed by atoms with Gasteiger partial charge in [0, 0.05) is 40.8 Å². The zero-order chi connectivity index (χ0) is 21.2. The van der Waals surface area contributed by atoms with Crippen molar-refractivity contribution < 1.29 is 17.9 Å². The van der Waals surface area contributed by atoms with Gasteiger partial charge in [-0.05, 0) is 52.0 Å². The molecule has 3 rings (SSSR count). The van der Waals surface area contributed by atoms with Gasteiger partial charge in [0.05, 0.1) is 0 Å². The molecule has 8 nitrogen and oxygen atoms in total. The van der Waals surface area contributed by atoms with Gasteiger partial charge in [0.25, 0.3) is 0 Å². The number of sulfonamides is 1. The van der Waals surface area contributed by atoms with Crippen LogP contribution in [-0.4, -0.2) is 43.2 Å². The minimum atomic E-state index is -3.68. The van der Waals surface area contributed by atoms with Crippen molar-refractivity contribution in [3.8, 4) is 10.4 Å². The van der Waals surface area contributed by atoms with Gasteiger partial charge in [-0.3, -0.25) is 0 Å². The van der Waals surface area contributed by atoms with Crippen LogP contribution in [-0.2, 0) is 14.8 Å². The molecule has 29 heavy (non-hydrogen) atoms. The van der Waals surface area contributed by atoms with E-state index in [2.05, 4.69) is 20.0 Å². The van der Waals surface area contributed by atoms with Crippen molar-refractivity contribution >= 4 is 38.5 Å². The number of pyridine rings is 1. The first-order valence-corrected chi connectivity index (χ1v) is 11.4. The molecule has 0 aromatic carbocycles. The Morgan fingerprint density at radius 2 is 2.00 bits per heavy atom. The maximum Gasteiger partial charge on any atom is 0.407 e. The number of hydrogen-bond acceptors (Lipinski definition) is 6. The van der Waals surface area contributed by atoms with Crippen molar-refractivity contribution in [2.45, 2.75) is 37.5 Å². The van der Waals surface area contributed by atoms with Crippen LogP contribution < -0.4 is 10.0 Å². The molecule has 3 heterocycles. The normalized spacial score (nSPS) is 12.3. The summed E-state index contributed by atoms with van der Waals surface area (Å²) in [6.45, 7) is 7.41. The van der Waals surface area contributed by atoms with E-state index in [1.807, 2.05) is 19.1 Å². The van der Waals surface area contributed by atoms with Crippen LogP contribution in [0.2, 0.25) is 0 Å². The van der Waals surface area contributed by atoms with Crippen LogP contribution in [0.5, 0.6) is 0 Å². The molecule has 0 radical (unpaired) electrons. The lowest BCUT2D eigenvalue weighted by Gasteiger charge is -2.19. The topological polar surface area (TPSA) is 113 Å². The van der Waals surface area contributed by atoms with E-state index in [1.165, 1.54) is 11.3 Å². The average Bonchev–Trinajstić information content (AvgIpc) is 3.23. The maximum atomic E-state index is 12.6. The molecule has 0 saturated heterocycles. The molecule has 0 spiro atoms. The van der Waals surface area contributed by atoms with Crippen molar-refractivity contribution in [1.82, 2.24) is 20.0 Å². The number of carbonyl (C=O) groups excluding carboxylic acids is 1. The smallest absolute Gasteiger partial charge is 0.407 e. The quantitative estimate of drug-likeness (QED) is 0.513. The van der Waals surface area contributed by atoms with Crippen molar-refractivity contribution in [3.05, 3.63) is 36.2 Å². The fraction of sp³-hybridized carbons (Fsp3) is 0.368. The van der Waals surface area contributed by atoms with Gasteiger partial charge in [0.1, 0.15) is 15.5 Å². The van der Waals surface area contributed by atoms with Crippen molar-refractivity contribution in [1.29, 1.82) is 0 Å². The van der Waals surface area contributed by atoms with Crippen molar-refractivity contribution in [2.24, 2.45) is 0 Å². The van der Waals surface area contributed by atoms with Crippen LogP contribution in [0.25, 0.3) is 21.5 Å². The van der Waals surface area contributed by atoms with Gasteiger partial charge in [-0.2, -0.15) is 0 Å². The second-order valence-electron chi connectivity index (χ2n) is 7.52. The average molecular weight is 437 g/mol. The molecule has 0 bridgehead atoms. The van der Waals surface area contributed by atoms with E-state index in [0.717, 1.165) is 27.2 Å². The minimum absolute atomic E-state index is 0.0608. The Hall–Kier alpha value is -2.43. The first-order valence-electron chi connectivity index (χ1n) is 9.06. The molecule has 1 amide bonds. The number of aromatic amines is 1. The molecule has 10 heteroatoms. The largest absolute Gasteiger partial charge is 0.444 e. The molecular formula is C19H24N4O4S2. The van der Waals surface area contributed by atoms with E-state index in [9.17, 15) is 13.2 Å². The Kier molecular flexibility index (Phi) is 5.97. The molecule has 0 aliphatic heterocycles. The summed E-state index contributed by atoms with van der Waals surface area (Å²) in [5.74, 6) is 0. The Bertz CT molecular complexity index is 1130. The van der Waals surface area contributed by atoms with E-state index < -0.39 is 21.7 Å². The van der Waals surface area contributed by atoms with Gasteiger partial charge >= 0.3 is 6.09 Å². The molecule has 3 aromatic heterocycles. The number of rotatable bonds is 6. The summed E-state index contributed by atoms with van der Waals surface area (Å²) in [5.41, 5.74) is 2.08. The van der Waals surface area contributed by atoms with Crippen LogP contribution in [0.15, 0.2) is 34.7 Å². The molecule has 0 unspecified atom stereocenters. The van der Waals surface area contributed by atoms with Crippen molar-refractivity contribution in [2.75, 3.05) is 13.1 Å². The third-order valence-corrected chi connectivity index (χ3v) is 6.93. The number of amides is 1. The molecule has 3 aromatic rings. The zero-order valence-corrected chi connectivity index (χ0v) is 18.3. The summed E-state index contributed by atoms with van der Waals surface area (Å²) in [7, 11) is -3.68. The van der Waals surface area contributed by atoms with E-state index in [1.54, 1.807) is 39.1 Å². The molecule has 156 valence electrons. The Morgan fingerprint density at radius 3 is 2.72 bits per heavy atom. The number of carbonyl (C=O) groups is 1. The molecule has 0 aliphatic rings. The first-order chi connectivity index (χ1) is 13.5. The number of nitrogens with zero attached hydrogens (tertiary/aromatic N) is 1. The number of alkyl carbamates (subject to hydrolysis) is 1. The number of hydrogen-bond donors (Lipinski definition) is 3. The number of aromatic nitrogens is 2. The SMILES string of the molecule is Cc1cc2c(-c3ccc(S(=O)(=O)NCCNC(=O)OC(C)(C)C)s3)ccnc2[nH]1. The summed E-state index contributed by atoms with van der Waals surface area (Å²) in [5, 5.41) is 3.47. The van der Waals surface area contributed by atoms with Gasteiger partial charge in [0.2, 0.25) is 10.0 Å². The highest BCUT2D eigenvalue weighted by Gasteiger charge is 2.19. The summed E-state index contributed by atoms with van der Waals surface area (Å²) in [4.78, 5) is 19.9. The first kappa shape index (κ1) is 21.3. The third-order valence-electron chi connectivity index (χ3n) is 3.86. The molecule has 0 saturated carbocycles. The summed E-state index contributed by atoms with van der Waals surface area (Å²) >= 11 is 1.19. The standard InChI is InChI=1S/C19H24N4O4S2/c1-12-11-14-13(7-8-20-17(14)23-12)15-5-6-16(28-15)29(25,26)22-10-9-21-18(24)27-19(2,3)4/h5-8,11,22H,9-10H2,1-4H3,(H,20,23)(H,21,24). The van der Waals surface area contributed by atoms with Gasteiger partial charge in [-0.25, -0.2) is 22.9 Å². The Balaban J connectivity index is 1.65. The Morgan fingerprint density at radius 1 is 1.24 bits per heavy atom. The van der Waals surface area contributed by atoms with Crippen LogP contribution in [0.4, 0.5) is 4.79 Å². The summed E-state index contributed by atoms with van der Waals surface area (Å²) in [6.07, 6.45) is 1.11. The molecule has 0 aliphatic carbocycles. The number of fused-ring (bicyclic) bond motifs is 1. The van der Waals surface area contributed by atoms with E-state index in [4.69, 9.17) is 4.74 Å².